The molecule has 0 saturated carbocycles. The quantitative estimate of drug-likeness (QED) is 0.577. The van der Waals surface area contributed by atoms with Crippen molar-refractivity contribution in [3.63, 3.8) is 0 Å². The average Bonchev–Trinajstić information content (AvgIpc) is 2.69. The maximum Gasteiger partial charge on any atom is 0.347 e. The van der Waals surface area contributed by atoms with Crippen molar-refractivity contribution in [1.29, 1.82) is 0 Å². The van der Waals surface area contributed by atoms with Crippen molar-refractivity contribution in [3.8, 4) is 17.1 Å². The Morgan fingerprint density at radius 1 is 1.00 bits per heavy atom. The van der Waals surface area contributed by atoms with E-state index in [-0.39, 0.29) is 11.4 Å². The van der Waals surface area contributed by atoms with E-state index >= 15 is 0 Å². The van der Waals surface area contributed by atoms with Crippen molar-refractivity contribution in [2.45, 2.75) is 33.1 Å². The molecule has 1 aromatic heterocycles. The van der Waals surface area contributed by atoms with Gasteiger partial charge >= 0.3 is 5.97 Å². The lowest BCUT2D eigenvalue weighted by Crippen LogP contribution is -2.12. The molecule has 27 heavy (non-hydrogen) atoms. The summed E-state index contributed by atoms with van der Waals surface area (Å²) in [6, 6.07) is 12.6. The topological polar surface area (TPSA) is 52.1 Å². The van der Waals surface area contributed by atoms with Gasteiger partial charge < -0.3 is 4.74 Å². The van der Waals surface area contributed by atoms with Crippen molar-refractivity contribution in [2.75, 3.05) is 0 Å². The molecule has 0 bridgehead atoms. The maximum atomic E-state index is 14.0. The summed E-state index contributed by atoms with van der Waals surface area (Å²) in [4.78, 5) is 20.6. The molecule has 5 heteroatoms. The summed E-state index contributed by atoms with van der Waals surface area (Å²) in [6.07, 6.45) is 5.73. The van der Waals surface area contributed by atoms with Crippen molar-refractivity contribution in [3.05, 3.63) is 77.4 Å². The summed E-state index contributed by atoms with van der Waals surface area (Å²) in [5, 5.41) is 0. The molecule has 3 aromatic rings. The first-order valence-electron chi connectivity index (χ1n) is 9.02. The molecule has 0 amide bonds. The van der Waals surface area contributed by atoms with Gasteiger partial charge in [-0.1, -0.05) is 50.6 Å². The molecule has 0 fully saturated rings. The van der Waals surface area contributed by atoms with Crippen LogP contribution in [-0.2, 0) is 12.8 Å². The summed E-state index contributed by atoms with van der Waals surface area (Å²) in [5.41, 5.74) is 3.58. The fourth-order valence-electron chi connectivity index (χ4n) is 2.74. The van der Waals surface area contributed by atoms with Crippen LogP contribution in [0.4, 0.5) is 4.39 Å². The number of benzene rings is 2. The molecule has 2 aromatic carbocycles. The van der Waals surface area contributed by atoms with Crippen LogP contribution in [0.3, 0.4) is 0 Å². The zero-order valence-electron chi connectivity index (χ0n) is 15.4. The Labute approximate surface area is 158 Å². The molecule has 3 rings (SSSR count). The molecule has 0 aliphatic rings. The summed E-state index contributed by atoms with van der Waals surface area (Å²) >= 11 is 0. The van der Waals surface area contributed by atoms with E-state index in [1.165, 1.54) is 30.1 Å². The monoisotopic (exact) mass is 364 g/mol. The molecule has 0 radical (unpaired) electrons. The highest BCUT2D eigenvalue weighted by atomic mass is 19.1. The predicted octanol–water partition coefficient (Wildman–Crippen LogP) is 5.02. The Morgan fingerprint density at radius 3 is 2.33 bits per heavy atom. The van der Waals surface area contributed by atoms with E-state index in [0.717, 1.165) is 24.0 Å². The highest BCUT2D eigenvalue weighted by molar-refractivity contribution is 5.91. The minimum absolute atomic E-state index is 0.0327. The van der Waals surface area contributed by atoms with Gasteiger partial charge in [0, 0.05) is 5.56 Å². The lowest BCUT2D eigenvalue weighted by Gasteiger charge is -2.07. The lowest BCUT2D eigenvalue weighted by atomic mass is 10.1. The highest BCUT2D eigenvalue weighted by Gasteiger charge is 2.15. The van der Waals surface area contributed by atoms with E-state index in [1.54, 1.807) is 6.07 Å². The molecule has 4 nitrogen and oxygen atoms in total. The van der Waals surface area contributed by atoms with Gasteiger partial charge in [-0.2, -0.15) is 0 Å². The molecule has 0 unspecified atom stereocenters. The summed E-state index contributed by atoms with van der Waals surface area (Å²) in [5.74, 6) is -1.36. The number of aromatic nitrogens is 2. The number of aryl methyl sites for hydroxylation is 2. The van der Waals surface area contributed by atoms with Crippen LogP contribution >= 0.6 is 0 Å². The van der Waals surface area contributed by atoms with Crippen molar-refractivity contribution in [2.24, 2.45) is 0 Å². The first kappa shape index (κ1) is 18.7. The van der Waals surface area contributed by atoms with E-state index in [4.69, 9.17) is 4.74 Å². The van der Waals surface area contributed by atoms with Gasteiger partial charge in [-0.3, -0.25) is 0 Å². The number of hydrogen-bond acceptors (Lipinski definition) is 4. The van der Waals surface area contributed by atoms with E-state index < -0.39 is 11.8 Å². The Bertz CT molecular complexity index is 922. The number of halogens is 1. The highest BCUT2D eigenvalue weighted by Crippen LogP contribution is 2.20. The van der Waals surface area contributed by atoms with Crippen LogP contribution in [0.2, 0.25) is 0 Å². The van der Waals surface area contributed by atoms with Crippen LogP contribution in [0.5, 0.6) is 5.88 Å². The van der Waals surface area contributed by atoms with E-state index in [2.05, 4.69) is 29.0 Å². The number of esters is 1. The van der Waals surface area contributed by atoms with Gasteiger partial charge in [0.1, 0.15) is 5.82 Å². The van der Waals surface area contributed by atoms with Gasteiger partial charge in [-0.15, -0.1) is 0 Å². The SMILES string of the molecule is CCCc1ccc(-c2cnc(OC(=O)c3ccc(CC)cc3F)cn2)cc1. The van der Waals surface area contributed by atoms with Crippen LogP contribution in [0.1, 0.15) is 41.8 Å². The molecule has 0 spiro atoms. The van der Waals surface area contributed by atoms with Gasteiger partial charge in [0.25, 0.3) is 0 Å². The van der Waals surface area contributed by atoms with Crippen LogP contribution in [-0.4, -0.2) is 15.9 Å². The van der Waals surface area contributed by atoms with Crippen LogP contribution in [0.25, 0.3) is 11.3 Å². The van der Waals surface area contributed by atoms with Gasteiger partial charge in [0.05, 0.1) is 23.7 Å². The molecule has 1 heterocycles. The van der Waals surface area contributed by atoms with Gasteiger partial charge in [0.2, 0.25) is 5.88 Å². The zero-order valence-corrected chi connectivity index (χ0v) is 15.4. The summed E-state index contributed by atoms with van der Waals surface area (Å²) in [7, 11) is 0. The van der Waals surface area contributed by atoms with Gasteiger partial charge in [-0.05, 0) is 36.1 Å². The van der Waals surface area contributed by atoms with Crippen molar-refractivity contribution < 1.29 is 13.9 Å². The molecule has 0 aliphatic carbocycles. The third kappa shape index (κ3) is 4.56. The smallest absolute Gasteiger partial charge is 0.347 e. The minimum atomic E-state index is -0.791. The van der Waals surface area contributed by atoms with Crippen molar-refractivity contribution >= 4 is 5.97 Å². The maximum absolute atomic E-state index is 14.0. The first-order valence-corrected chi connectivity index (χ1v) is 9.02. The molecule has 0 aliphatic heterocycles. The Morgan fingerprint density at radius 2 is 1.74 bits per heavy atom. The molecule has 0 saturated heterocycles. The third-order valence-corrected chi connectivity index (χ3v) is 4.28. The number of carbonyl (C=O) groups is 1. The number of carbonyl (C=O) groups excluding carboxylic acids is 1. The first-order chi connectivity index (χ1) is 13.1. The fraction of sp³-hybridized carbons (Fsp3) is 0.227. The molecule has 0 atom stereocenters. The van der Waals surface area contributed by atoms with E-state index in [1.807, 2.05) is 19.1 Å². The average molecular weight is 364 g/mol. The second-order valence-corrected chi connectivity index (χ2v) is 6.24. The number of ether oxygens (including phenoxy) is 1. The van der Waals surface area contributed by atoms with Crippen LogP contribution in [0.15, 0.2) is 54.9 Å². The fourth-order valence-corrected chi connectivity index (χ4v) is 2.74. The molecular formula is C22H21FN2O2. The van der Waals surface area contributed by atoms with Gasteiger partial charge in [0.15, 0.2) is 0 Å². The minimum Gasteiger partial charge on any atom is -0.402 e. The standard InChI is InChI=1S/C22H21FN2O2/c1-3-5-16-6-9-17(10-7-16)20-13-25-21(14-24-20)27-22(26)18-11-8-15(4-2)12-19(18)23/h6-14H,3-5H2,1-2H3. The van der Waals surface area contributed by atoms with Gasteiger partial charge in [-0.25, -0.2) is 19.2 Å². The third-order valence-electron chi connectivity index (χ3n) is 4.28. The predicted molar refractivity (Wildman–Crippen MR) is 102 cm³/mol. The molecular weight excluding hydrogens is 343 g/mol. The lowest BCUT2D eigenvalue weighted by molar-refractivity contribution is 0.0722. The Kier molecular flexibility index (Phi) is 5.91. The van der Waals surface area contributed by atoms with Crippen LogP contribution < -0.4 is 4.74 Å². The number of nitrogens with zero attached hydrogens (tertiary/aromatic N) is 2. The Balaban J connectivity index is 1.71. The Hall–Kier alpha value is -3.08. The molecule has 138 valence electrons. The second-order valence-electron chi connectivity index (χ2n) is 6.24. The van der Waals surface area contributed by atoms with Crippen LogP contribution in [0, 0.1) is 5.82 Å². The van der Waals surface area contributed by atoms with Crippen molar-refractivity contribution in [1.82, 2.24) is 9.97 Å². The zero-order chi connectivity index (χ0) is 19.2. The second kappa shape index (κ2) is 8.54. The van der Waals surface area contributed by atoms with E-state index in [9.17, 15) is 9.18 Å². The van der Waals surface area contributed by atoms with E-state index in [0.29, 0.717) is 12.1 Å². The summed E-state index contributed by atoms with van der Waals surface area (Å²) in [6.45, 7) is 4.06. The largest absolute Gasteiger partial charge is 0.402 e. The summed E-state index contributed by atoms with van der Waals surface area (Å²) < 4.78 is 19.2. The number of rotatable bonds is 6. The number of hydrogen-bond donors (Lipinski definition) is 0. The normalized spacial score (nSPS) is 10.6. The molecule has 0 N–H and O–H groups in total.